The molecular formula is C27H30F4N2O3. The first-order valence-corrected chi connectivity index (χ1v) is 11.9. The van der Waals surface area contributed by atoms with Gasteiger partial charge < -0.3 is 14.4 Å². The average molecular weight is 507 g/mol. The molecule has 1 aliphatic heterocycles. The fourth-order valence-electron chi connectivity index (χ4n) is 4.88. The van der Waals surface area contributed by atoms with Crippen molar-refractivity contribution in [1.82, 2.24) is 9.47 Å². The van der Waals surface area contributed by atoms with E-state index in [2.05, 4.69) is 0 Å². The van der Waals surface area contributed by atoms with Gasteiger partial charge in [0, 0.05) is 42.8 Å². The van der Waals surface area contributed by atoms with Crippen LogP contribution in [-0.4, -0.2) is 52.7 Å². The zero-order valence-electron chi connectivity index (χ0n) is 20.3. The third-order valence-electron chi connectivity index (χ3n) is 6.90. The number of fused-ring (bicyclic) bond motifs is 1. The Kier molecular flexibility index (Phi) is 7.28. The van der Waals surface area contributed by atoms with Gasteiger partial charge in [-0.05, 0) is 35.6 Å². The number of alkyl halides is 3. The summed E-state index contributed by atoms with van der Waals surface area (Å²) in [6.45, 7) is 5.14. The largest absolute Gasteiger partial charge is 0.418 e. The van der Waals surface area contributed by atoms with Crippen LogP contribution < -0.4 is 5.43 Å². The lowest BCUT2D eigenvalue weighted by Crippen LogP contribution is -2.52. The topological polar surface area (TPSA) is 54.7 Å². The molecule has 0 amide bonds. The Morgan fingerprint density at radius 3 is 2.42 bits per heavy atom. The van der Waals surface area contributed by atoms with Crippen LogP contribution in [0.5, 0.6) is 0 Å². The van der Waals surface area contributed by atoms with Crippen molar-refractivity contribution in [1.29, 1.82) is 0 Å². The number of ether oxygens (including phenoxy) is 1. The summed E-state index contributed by atoms with van der Waals surface area (Å²) >= 11 is 0. The smallest absolute Gasteiger partial charge is 0.379 e. The summed E-state index contributed by atoms with van der Waals surface area (Å²) < 4.78 is 64.3. The zero-order chi connectivity index (χ0) is 26.1. The second-order valence-corrected chi connectivity index (χ2v) is 10.1. The Bertz CT molecular complexity index is 1280. The van der Waals surface area contributed by atoms with Crippen molar-refractivity contribution in [2.75, 3.05) is 26.3 Å². The molecule has 1 unspecified atom stereocenters. The van der Waals surface area contributed by atoms with E-state index in [1.54, 1.807) is 44.2 Å². The summed E-state index contributed by atoms with van der Waals surface area (Å²) in [4.78, 5) is 14.2. The molecule has 3 aromatic rings. The molecule has 1 N–H and O–H groups in total. The van der Waals surface area contributed by atoms with E-state index in [-0.39, 0.29) is 10.8 Å². The number of hydrogen-bond donors (Lipinski definition) is 1. The van der Waals surface area contributed by atoms with Crippen molar-refractivity contribution in [2.45, 2.75) is 50.6 Å². The second kappa shape index (κ2) is 9.95. The summed E-state index contributed by atoms with van der Waals surface area (Å²) in [7, 11) is 0. The molecule has 2 aromatic carbocycles. The van der Waals surface area contributed by atoms with E-state index in [0.717, 1.165) is 0 Å². The SMILES string of the molecule is CC(C)(CC(O)(Cn1ccc(=O)c2ccccc21)C(F)(F)F)c1ccc(F)c(CN2CCOCC2)c1. The van der Waals surface area contributed by atoms with E-state index in [9.17, 15) is 27.5 Å². The Balaban J connectivity index is 1.65. The van der Waals surface area contributed by atoms with Gasteiger partial charge in [0.25, 0.3) is 0 Å². The van der Waals surface area contributed by atoms with Crippen LogP contribution in [0, 0.1) is 5.82 Å². The van der Waals surface area contributed by atoms with E-state index in [1.165, 1.54) is 29.0 Å². The van der Waals surface area contributed by atoms with Crippen molar-refractivity contribution in [3.8, 4) is 0 Å². The van der Waals surface area contributed by atoms with Gasteiger partial charge in [-0.25, -0.2) is 4.39 Å². The van der Waals surface area contributed by atoms with Crippen LogP contribution in [0.4, 0.5) is 17.6 Å². The van der Waals surface area contributed by atoms with Crippen LogP contribution in [0.2, 0.25) is 0 Å². The Morgan fingerprint density at radius 2 is 1.72 bits per heavy atom. The number of aromatic nitrogens is 1. The predicted molar refractivity (Wildman–Crippen MR) is 129 cm³/mol. The Labute approximate surface area is 206 Å². The number of benzene rings is 2. The Morgan fingerprint density at radius 1 is 1.03 bits per heavy atom. The van der Waals surface area contributed by atoms with Crippen molar-refractivity contribution in [3.63, 3.8) is 0 Å². The number of pyridine rings is 1. The minimum Gasteiger partial charge on any atom is -0.379 e. The maximum Gasteiger partial charge on any atom is 0.418 e. The molecule has 1 aromatic heterocycles. The molecule has 4 rings (SSSR count). The molecule has 0 aliphatic carbocycles. The monoisotopic (exact) mass is 506 g/mol. The molecule has 36 heavy (non-hydrogen) atoms. The van der Waals surface area contributed by atoms with Gasteiger partial charge in [0.15, 0.2) is 11.0 Å². The second-order valence-electron chi connectivity index (χ2n) is 10.1. The van der Waals surface area contributed by atoms with Gasteiger partial charge in [-0.1, -0.05) is 38.1 Å². The molecule has 194 valence electrons. The van der Waals surface area contributed by atoms with E-state index in [0.29, 0.717) is 49.5 Å². The highest BCUT2D eigenvalue weighted by Gasteiger charge is 2.56. The maximum atomic E-state index is 14.6. The van der Waals surface area contributed by atoms with E-state index in [4.69, 9.17) is 4.74 Å². The highest BCUT2D eigenvalue weighted by atomic mass is 19.4. The van der Waals surface area contributed by atoms with Gasteiger partial charge in [0.1, 0.15) is 5.82 Å². The van der Waals surface area contributed by atoms with Gasteiger partial charge in [-0.3, -0.25) is 9.69 Å². The quantitative estimate of drug-likeness (QED) is 0.475. The molecule has 0 spiro atoms. The lowest BCUT2D eigenvalue weighted by Gasteiger charge is -2.39. The summed E-state index contributed by atoms with van der Waals surface area (Å²) in [5.41, 5.74) is -3.36. The van der Waals surface area contributed by atoms with Crippen molar-refractivity contribution in [3.05, 3.63) is 81.9 Å². The van der Waals surface area contributed by atoms with Gasteiger partial charge in [-0.15, -0.1) is 0 Å². The van der Waals surface area contributed by atoms with Gasteiger partial charge in [-0.2, -0.15) is 13.2 Å². The lowest BCUT2D eigenvalue weighted by molar-refractivity contribution is -0.271. The molecule has 1 atom stereocenters. The number of aliphatic hydroxyl groups is 1. The van der Waals surface area contributed by atoms with E-state index >= 15 is 0 Å². The highest BCUT2D eigenvalue weighted by Crippen LogP contribution is 2.42. The van der Waals surface area contributed by atoms with E-state index in [1.807, 2.05) is 4.90 Å². The molecule has 0 saturated carbocycles. The maximum absolute atomic E-state index is 14.6. The Hall–Kier alpha value is -2.75. The number of para-hydroxylation sites is 1. The molecule has 9 heteroatoms. The minimum atomic E-state index is -4.95. The highest BCUT2D eigenvalue weighted by molar-refractivity contribution is 5.78. The molecular weight excluding hydrogens is 476 g/mol. The number of rotatable bonds is 7. The first-order chi connectivity index (χ1) is 16.9. The molecule has 0 bridgehead atoms. The third kappa shape index (κ3) is 5.48. The number of hydrogen-bond acceptors (Lipinski definition) is 4. The van der Waals surface area contributed by atoms with Gasteiger partial charge >= 0.3 is 6.18 Å². The molecule has 1 fully saturated rings. The summed E-state index contributed by atoms with van der Waals surface area (Å²) in [5.74, 6) is -0.424. The van der Waals surface area contributed by atoms with E-state index < -0.39 is 36.0 Å². The van der Waals surface area contributed by atoms with Gasteiger partial charge in [0.05, 0.1) is 25.3 Å². The molecule has 0 radical (unpaired) electrons. The van der Waals surface area contributed by atoms with Gasteiger partial charge in [0.2, 0.25) is 0 Å². The molecule has 5 nitrogen and oxygen atoms in total. The van der Waals surface area contributed by atoms with Crippen molar-refractivity contribution in [2.24, 2.45) is 0 Å². The summed E-state index contributed by atoms with van der Waals surface area (Å²) in [6, 6.07) is 11.9. The van der Waals surface area contributed by atoms with Crippen LogP contribution in [0.25, 0.3) is 10.9 Å². The predicted octanol–water partition coefficient (Wildman–Crippen LogP) is 4.63. The number of nitrogens with zero attached hydrogens (tertiary/aromatic N) is 2. The average Bonchev–Trinajstić information content (AvgIpc) is 2.82. The first-order valence-electron chi connectivity index (χ1n) is 11.9. The lowest BCUT2D eigenvalue weighted by atomic mass is 9.74. The number of halogens is 4. The van der Waals surface area contributed by atoms with Crippen LogP contribution in [0.3, 0.4) is 0 Å². The third-order valence-corrected chi connectivity index (χ3v) is 6.90. The summed E-state index contributed by atoms with van der Waals surface area (Å²) in [6.07, 6.45) is -4.34. The fourth-order valence-corrected chi connectivity index (χ4v) is 4.88. The minimum absolute atomic E-state index is 0.273. The normalized spacial score (nSPS) is 17.3. The summed E-state index contributed by atoms with van der Waals surface area (Å²) in [5, 5.41) is 11.4. The van der Waals surface area contributed by atoms with Crippen LogP contribution >= 0.6 is 0 Å². The van der Waals surface area contributed by atoms with Crippen LogP contribution in [0.1, 0.15) is 31.4 Å². The zero-order valence-corrected chi connectivity index (χ0v) is 20.3. The van der Waals surface area contributed by atoms with Crippen molar-refractivity contribution >= 4 is 10.9 Å². The molecule has 2 heterocycles. The molecule has 1 saturated heterocycles. The van der Waals surface area contributed by atoms with Crippen molar-refractivity contribution < 1.29 is 27.4 Å². The van der Waals surface area contributed by atoms with Crippen LogP contribution in [0.15, 0.2) is 59.5 Å². The number of morpholine rings is 1. The molecule has 1 aliphatic rings. The first kappa shape index (κ1) is 26.3. The standard InChI is InChI=1S/C27H30F4N2O3/c1-25(2,20-7-8-22(28)19(15-20)16-32-11-13-36-14-12-32)17-26(35,27(29,30)31)18-33-10-9-24(34)21-5-3-4-6-23(21)33/h3-10,15,35H,11-14,16-18H2,1-2H3. The fraction of sp³-hybridized carbons (Fsp3) is 0.444. The van der Waals surface area contributed by atoms with Crippen LogP contribution in [-0.2, 0) is 23.2 Å².